The molecular weight excluding hydrogens is 224 g/mol. The number of fused-ring (bicyclic) bond motifs is 2. The number of nitrogens with one attached hydrogen (secondary N) is 1. The van der Waals surface area contributed by atoms with Crippen molar-refractivity contribution in [3.8, 4) is 0 Å². The molecule has 3 heterocycles. The first kappa shape index (κ1) is 12.2. The Bertz CT molecular complexity index is 386. The molecule has 4 nitrogen and oxygen atoms in total. The van der Waals surface area contributed by atoms with Gasteiger partial charge in [-0.2, -0.15) is 0 Å². The zero-order chi connectivity index (χ0) is 12.5. The Morgan fingerprint density at radius 1 is 1.28 bits per heavy atom. The summed E-state index contributed by atoms with van der Waals surface area (Å²) in [5, 5.41) is 3.73. The molecule has 18 heavy (non-hydrogen) atoms. The highest BCUT2D eigenvalue weighted by atomic mass is 15.2. The minimum atomic E-state index is 0.721. The third-order valence-electron chi connectivity index (χ3n) is 4.80. The normalized spacial score (nSPS) is 32.0. The van der Waals surface area contributed by atoms with E-state index in [0.29, 0.717) is 0 Å². The van der Waals surface area contributed by atoms with Crippen LogP contribution in [0, 0.1) is 0 Å². The van der Waals surface area contributed by atoms with Crippen LogP contribution in [0.15, 0.2) is 12.4 Å². The van der Waals surface area contributed by atoms with Crippen LogP contribution in [0.5, 0.6) is 0 Å². The van der Waals surface area contributed by atoms with Gasteiger partial charge < -0.3 is 14.8 Å². The van der Waals surface area contributed by atoms with Crippen LogP contribution in [0.1, 0.15) is 31.5 Å². The van der Waals surface area contributed by atoms with E-state index in [1.807, 2.05) is 12.4 Å². The average molecular weight is 248 g/mol. The maximum absolute atomic E-state index is 4.37. The SMILES string of the molecule is CN1C2CCC1CC(NCCc1nccn1C)C2. The lowest BCUT2D eigenvalue weighted by molar-refractivity contribution is 0.149. The molecule has 2 atom stereocenters. The van der Waals surface area contributed by atoms with E-state index in [2.05, 4.69) is 33.9 Å². The number of rotatable bonds is 4. The van der Waals surface area contributed by atoms with Crippen LogP contribution in [-0.4, -0.2) is 46.2 Å². The van der Waals surface area contributed by atoms with Crippen LogP contribution in [0.2, 0.25) is 0 Å². The van der Waals surface area contributed by atoms with Crippen molar-refractivity contribution in [3.05, 3.63) is 18.2 Å². The molecule has 0 spiro atoms. The van der Waals surface area contributed by atoms with E-state index < -0.39 is 0 Å². The Morgan fingerprint density at radius 2 is 2.00 bits per heavy atom. The fourth-order valence-electron chi connectivity index (χ4n) is 3.60. The second-order valence-electron chi connectivity index (χ2n) is 5.88. The quantitative estimate of drug-likeness (QED) is 0.868. The zero-order valence-electron chi connectivity index (χ0n) is 11.5. The van der Waals surface area contributed by atoms with E-state index in [1.54, 1.807) is 0 Å². The van der Waals surface area contributed by atoms with Crippen molar-refractivity contribution >= 4 is 0 Å². The molecule has 2 aliphatic rings. The summed E-state index contributed by atoms with van der Waals surface area (Å²) in [6.45, 7) is 1.05. The van der Waals surface area contributed by atoms with E-state index in [0.717, 1.165) is 31.1 Å². The summed E-state index contributed by atoms with van der Waals surface area (Å²) in [4.78, 5) is 6.96. The van der Waals surface area contributed by atoms with Crippen molar-refractivity contribution in [3.63, 3.8) is 0 Å². The Balaban J connectivity index is 1.46. The lowest BCUT2D eigenvalue weighted by Gasteiger charge is -2.36. The minimum Gasteiger partial charge on any atom is -0.338 e. The van der Waals surface area contributed by atoms with Crippen molar-refractivity contribution < 1.29 is 0 Å². The smallest absolute Gasteiger partial charge is 0.109 e. The molecule has 2 fully saturated rings. The number of hydrogen-bond acceptors (Lipinski definition) is 3. The first-order valence-electron chi connectivity index (χ1n) is 7.15. The topological polar surface area (TPSA) is 33.1 Å². The molecule has 2 unspecified atom stereocenters. The third kappa shape index (κ3) is 2.31. The molecule has 1 N–H and O–H groups in total. The highest BCUT2D eigenvalue weighted by molar-refractivity contribution is 4.97. The van der Waals surface area contributed by atoms with Crippen molar-refractivity contribution in [2.24, 2.45) is 7.05 Å². The van der Waals surface area contributed by atoms with Gasteiger partial charge in [0.1, 0.15) is 5.82 Å². The first-order chi connectivity index (χ1) is 8.74. The van der Waals surface area contributed by atoms with E-state index >= 15 is 0 Å². The Kier molecular flexibility index (Phi) is 3.39. The molecule has 2 saturated heterocycles. The minimum absolute atomic E-state index is 0.721. The Labute approximate surface area is 109 Å². The molecule has 0 aromatic carbocycles. The molecule has 0 amide bonds. The van der Waals surface area contributed by atoms with Gasteiger partial charge in [0, 0.05) is 50.5 Å². The Morgan fingerprint density at radius 3 is 2.61 bits per heavy atom. The highest BCUT2D eigenvalue weighted by Crippen LogP contribution is 2.34. The first-order valence-corrected chi connectivity index (χ1v) is 7.15. The summed E-state index contributed by atoms with van der Waals surface area (Å²) in [5.74, 6) is 1.18. The van der Waals surface area contributed by atoms with Crippen LogP contribution in [0.4, 0.5) is 0 Å². The van der Waals surface area contributed by atoms with E-state index in [9.17, 15) is 0 Å². The van der Waals surface area contributed by atoms with Gasteiger partial charge in [-0.3, -0.25) is 0 Å². The summed E-state index contributed by atoms with van der Waals surface area (Å²) in [6.07, 6.45) is 10.4. The van der Waals surface area contributed by atoms with Crippen molar-refractivity contribution in [2.75, 3.05) is 13.6 Å². The molecule has 100 valence electrons. The van der Waals surface area contributed by atoms with Gasteiger partial charge in [0.25, 0.3) is 0 Å². The van der Waals surface area contributed by atoms with Crippen LogP contribution >= 0.6 is 0 Å². The second kappa shape index (κ2) is 5.02. The van der Waals surface area contributed by atoms with Gasteiger partial charge in [-0.05, 0) is 32.7 Å². The van der Waals surface area contributed by atoms with Gasteiger partial charge in [0.15, 0.2) is 0 Å². The number of nitrogens with zero attached hydrogens (tertiary/aromatic N) is 3. The molecule has 0 radical (unpaired) electrons. The van der Waals surface area contributed by atoms with Gasteiger partial charge >= 0.3 is 0 Å². The summed E-state index contributed by atoms with van der Waals surface area (Å²) in [7, 11) is 4.37. The van der Waals surface area contributed by atoms with E-state index in [4.69, 9.17) is 0 Å². The predicted octanol–water partition coefficient (Wildman–Crippen LogP) is 1.18. The monoisotopic (exact) mass is 248 g/mol. The predicted molar refractivity (Wildman–Crippen MR) is 72.5 cm³/mol. The Hall–Kier alpha value is -0.870. The van der Waals surface area contributed by atoms with Crippen LogP contribution < -0.4 is 5.32 Å². The molecule has 1 aromatic rings. The molecule has 0 saturated carbocycles. The maximum Gasteiger partial charge on any atom is 0.109 e. The van der Waals surface area contributed by atoms with Gasteiger partial charge in [-0.1, -0.05) is 0 Å². The fraction of sp³-hybridized carbons (Fsp3) is 0.786. The summed E-state index contributed by atoms with van der Waals surface area (Å²) < 4.78 is 2.11. The van der Waals surface area contributed by atoms with Crippen LogP contribution in [-0.2, 0) is 13.5 Å². The lowest BCUT2D eigenvalue weighted by Crippen LogP contribution is -2.47. The third-order valence-corrected chi connectivity index (χ3v) is 4.80. The number of hydrogen-bond donors (Lipinski definition) is 1. The molecule has 0 aliphatic carbocycles. The van der Waals surface area contributed by atoms with Crippen molar-refractivity contribution in [1.29, 1.82) is 0 Å². The van der Waals surface area contributed by atoms with Gasteiger partial charge in [-0.25, -0.2) is 4.98 Å². The van der Waals surface area contributed by atoms with Gasteiger partial charge in [0.05, 0.1) is 0 Å². The maximum atomic E-state index is 4.37. The molecular formula is C14H24N4. The van der Waals surface area contributed by atoms with E-state index in [-0.39, 0.29) is 0 Å². The number of aryl methyl sites for hydroxylation is 1. The van der Waals surface area contributed by atoms with E-state index in [1.165, 1.54) is 31.5 Å². The molecule has 1 aromatic heterocycles. The summed E-state index contributed by atoms with van der Waals surface area (Å²) in [5.41, 5.74) is 0. The van der Waals surface area contributed by atoms with Crippen molar-refractivity contribution in [1.82, 2.24) is 19.8 Å². The number of aromatic nitrogens is 2. The molecule has 2 bridgehead atoms. The summed E-state index contributed by atoms with van der Waals surface area (Å²) in [6, 6.07) is 2.38. The van der Waals surface area contributed by atoms with Gasteiger partial charge in [-0.15, -0.1) is 0 Å². The fourth-order valence-corrected chi connectivity index (χ4v) is 3.60. The second-order valence-corrected chi connectivity index (χ2v) is 5.88. The zero-order valence-corrected chi connectivity index (χ0v) is 11.5. The standard InChI is InChI=1S/C14H24N4/c1-17-8-7-16-14(17)5-6-15-11-9-12-3-4-13(10-11)18(12)2/h7-8,11-13,15H,3-6,9-10H2,1-2H3. The largest absolute Gasteiger partial charge is 0.338 e. The number of imidazole rings is 1. The van der Waals surface area contributed by atoms with Crippen LogP contribution in [0.25, 0.3) is 0 Å². The summed E-state index contributed by atoms with van der Waals surface area (Å²) >= 11 is 0. The molecule has 2 aliphatic heterocycles. The molecule has 3 rings (SSSR count). The molecule has 4 heteroatoms. The highest BCUT2D eigenvalue weighted by Gasteiger charge is 2.37. The number of piperidine rings is 1. The lowest BCUT2D eigenvalue weighted by atomic mass is 9.98. The van der Waals surface area contributed by atoms with Gasteiger partial charge in [0.2, 0.25) is 0 Å². The van der Waals surface area contributed by atoms with Crippen molar-refractivity contribution in [2.45, 2.75) is 50.2 Å². The van der Waals surface area contributed by atoms with Crippen LogP contribution in [0.3, 0.4) is 0 Å². The average Bonchev–Trinajstić information content (AvgIpc) is 2.82.